The van der Waals surface area contributed by atoms with Crippen LogP contribution in [0.5, 0.6) is 0 Å². The van der Waals surface area contributed by atoms with Crippen LogP contribution in [0.25, 0.3) is 10.8 Å². The number of hydrogen-bond donors (Lipinski definition) is 1. The molecule has 0 saturated heterocycles. The van der Waals surface area contributed by atoms with Gasteiger partial charge >= 0.3 is 5.97 Å². The molecule has 1 amide bonds. The van der Waals surface area contributed by atoms with Crippen LogP contribution in [-0.2, 0) is 22.5 Å². The maximum atomic E-state index is 12.7. The lowest BCUT2D eigenvalue weighted by Gasteiger charge is -2.12. The molecule has 158 valence electrons. The molecule has 0 bridgehead atoms. The number of aromatic nitrogens is 3. The van der Waals surface area contributed by atoms with Gasteiger partial charge in [-0.15, -0.1) is 0 Å². The molecule has 0 saturated carbocycles. The fourth-order valence-corrected chi connectivity index (χ4v) is 3.93. The molecule has 0 aliphatic heterocycles. The van der Waals surface area contributed by atoms with Crippen molar-refractivity contribution >= 4 is 39.1 Å². The van der Waals surface area contributed by atoms with E-state index in [0.29, 0.717) is 38.7 Å². The van der Waals surface area contributed by atoms with E-state index in [1.54, 1.807) is 32.0 Å². The van der Waals surface area contributed by atoms with Crippen LogP contribution < -0.4 is 10.9 Å². The van der Waals surface area contributed by atoms with Crippen LogP contribution in [0.4, 0.5) is 5.13 Å². The molecule has 0 spiro atoms. The van der Waals surface area contributed by atoms with Gasteiger partial charge in [-0.3, -0.25) is 9.59 Å². The molecule has 0 unspecified atom stereocenters. The summed E-state index contributed by atoms with van der Waals surface area (Å²) in [6.45, 7) is 8.15. The summed E-state index contributed by atoms with van der Waals surface area (Å²) in [7, 11) is 0. The van der Waals surface area contributed by atoms with Crippen LogP contribution in [0.15, 0.2) is 29.1 Å². The number of rotatable bonds is 7. The number of anilines is 1. The summed E-state index contributed by atoms with van der Waals surface area (Å²) in [4.78, 5) is 41.9. The molecule has 1 aromatic carbocycles. The average Bonchev–Trinajstić information content (AvgIpc) is 3.05. The summed E-state index contributed by atoms with van der Waals surface area (Å²) in [5.41, 5.74) is 0.850. The van der Waals surface area contributed by atoms with Gasteiger partial charge in [-0.1, -0.05) is 43.4 Å². The van der Waals surface area contributed by atoms with Crippen LogP contribution >= 0.6 is 11.3 Å². The predicted octanol–water partition coefficient (Wildman–Crippen LogP) is 3.18. The van der Waals surface area contributed by atoms with Crippen LogP contribution in [0, 0.1) is 12.8 Å². The number of amides is 1. The van der Waals surface area contributed by atoms with Crippen molar-refractivity contribution < 1.29 is 14.3 Å². The minimum atomic E-state index is -0.457. The van der Waals surface area contributed by atoms with Crippen molar-refractivity contribution in [2.45, 2.75) is 40.7 Å². The lowest BCUT2D eigenvalue weighted by atomic mass is 10.1. The third kappa shape index (κ3) is 4.73. The molecule has 2 heterocycles. The number of ether oxygens (including phenoxy) is 1. The summed E-state index contributed by atoms with van der Waals surface area (Å²) in [6, 6.07) is 7.14. The topological polar surface area (TPSA) is 103 Å². The zero-order valence-corrected chi connectivity index (χ0v) is 18.2. The molecule has 0 radical (unpaired) electrons. The molecule has 3 rings (SSSR count). The normalized spacial score (nSPS) is 11.1. The number of aryl methyl sites for hydroxylation is 1. The number of carbonyl (C=O) groups excluding carboxylic acids is 2. The largest absolute Gasteiger partial charge is 0.462 e. The van der Waals surface area contributed by atoms with Crippen LogP contribution in [-0.4, -0.2) is 33.2 Å². The van der Waals surface area contributed by atoms with E-state index in [2.05, 4.69) is 15.4 Å². The zero-order chi connectivity index (χ0) is 21.8. The second-order valence-electron chi connectivity index (χ2n) is 7.25. The molecule has 30 heavy (non-hydrogen) atoms. The Morgan fingerprint density at radius 1 is 1.23 bits per heavy atom. The Balaban J connectivity index is 1.86. The van der Waals surface area contributed by atoms with E-state index >= 15 is 0 Å². The smallest absolute Gasteiger partial charge is 0.350 e. The SMILES string of the molecule is CCOC(=O)c1sc(NC(=O)Cc2nn(CC(C)C)c(=O)c3ccccc23)nc1C. The minimum absolute atomic E-state index is 0.0216. The van der Waals surface area contributed by atoms with E-state index in [4.69, 9.17) is 4.74 Å². The van der Waals surface area contributed by atoms with Gasteiger partial charge in [0.1, 0.15) is 4.88 Å². The molecular weight excluding hydrogens is 404 g/mol. The van der Waals surface area contributed by atoms with Crippen molar-refractivity contribution in [3.8, 4) is 0 Å². The van der Waals surface area contributed by atoms with Crippen molar-refractivity contribution in [3.05, 3.63) is 50.9 Å². The van der Waals surface area contributed by atoms with E-state index < -0.39 is 5.97 Å². The molecule has 0 aliphatic rings. The summed E-state index contributed by atoms with van der Waals surface area (Å²) < 4.78 is 6.42. The van der Waals surface area contributed by atoms with Crippen molar-refractivity contribution in [1.29, 1.82) is 0 Å². The number of nitrogens with one attached hydrogen (secondary N) is 1. The molecule has 9 heteroatoms. The monoisotopic (exact) mass is 428 g/mol. The van der Waals surface area contributed by atoms with E-state index in [-0.39, 0.29) is 30.4 Å². The zero-order valence-electron chi connectivity index (χ0n) is 17.4. The molecule has 0 atom stereocenters. The number of thiazole rings is 1. The van der Waals surface area contributed by atoms with Gasteiger partial charge in [0, 0.05) is 11.9 Å². The van der Waals surface area contributed by atoms with Gasteiger partial charge in [0.25, 0.3) is 5.56 Å². The lowest BCUT2D eigenvalue weighted by molar-refractivity contribution is -0.115. The fourth-order valence-electron chi connectivity index (χ4n) is 3.06. The molecule has 1 N–H and O–H groups in total. The first-order valence-electron chi connectivity index (χ1n) is 9.73. The first kappa shape index (κ1) is 21.6. The van der Waals surface area contributed by atoms with Gasteiger partial charge in [-0.2, -0.15) is 5.10 Å². The Labute approximate surface area is 177 Å². The van der Waals surface area contributed by atoms with Crippen molar-refractivity contribution in [2.24, 2.45) is 5.92 Å². The van der Waals surface area contributed by atoms with E-state index in [1.807, 2.05) is 19.9 Å². The summed E-state index contributed by atoms with van der Waals surface area (Å²) in [5, 5.41) is 8.68. The Morgan fingerprint density at radius 3 is 2.60 bits per heavy atom. The summed E-state index contributed by atoms with van der Waals surface area (Å²) in [6.07, 6.45) is -0.0216. The fraction of sp³-hybridized carbons (Fsp3) is 0.381. The molecular formula is C21H24N4O4S. The van der Waals surface area contributed by atoms with Gasteiger partial charge in [0.05, 0.1) is 29.8 Å². The standard InChI is InChI=1S/C21H24N4O4S/c1-5-29-20(28)18-13(4)22-21(30-18)23-17(26)10-16-14-8-6-7-9-15(14)19(27)25(24-16)11-12(2)3/h6-9,12H,5,10-11H2,1-4H3,(H,22,23,26). The summed E-state index contributed by atoms with van der Waals surface area (Å²) >= 11 is 1.07. The van der Waals surface area contributed by atoms with E-state index in [1.165, 1.54) is 4.68 Å². The minimum Gasteiger partial charge on any atom is -0.462 e. The second-order valence-corrected chi connectivity index (χ2v) is 8.25. The highest BCUT2D eigenvalue weighted by molar-refractivity contribution is 7.17. The average molecular weight is 429 g/mol. The highest BCUT2D eigenvalue weighted by Crippen LogP contribution is 2.24. The quantitative estimate of drug-likeness (QED) is 0.580. The van der Waals surface area contributed by atoms with E-state index in [0.717, 1.165) is 11.3 Å². The Morgan fingerprint density at radius 2 is 1.93 bits per heavy atom. The number of esters is 1. The molecule has 0 fully saturated rings. The number of nitrogens with zero attached hydrogens (tertiary/aromatic N) is 3. The first-order chi connectivity index (χ1) is 14.3. The first-order valence-corrected chi connectivity index (χ1v) is 10.5. The van der Waals surface area contributed by atoms with E-state index in [9.17, 15) is 14.4 Å². The highest BCUT2D eigenvalue weighted by atomic mass is 32.1. The predicted molar refractivity (Wildman–Crippen MR) is 116 cm³/mol. The Kier molecular flexibility index (Phi) is 6.61. The van der Waals surface area contributed by atoms with Gasteiger partial charge in [-0.05, 0) is 25.8 Å². The van der Waals surface area contributed by atoms with Crippen molar-refractivity contribution in [1.82, 2.24) is 14.8 Å². The Bertz CT molecular complexity index is 1150. The summed E-state index contributed by atoms with van der Waals surface area (Å²) in [5.74, 6) is -0.550. The Hall–Kier alpha value is -3.07. The van der Waals surface area contributed by atoms with Crippen LogP contribution in [0.1, 0.15) is 41.8 Å². The number of carbonyl (C=O) groups is 2. The number of fused-ring (bicyclic) bond motifs is 1. The third-order valence-corrected chi connectivity index (χ3v) is 5.37. The highest BCUT2D eigenvalue weighted by Gasteiger charge is 2.19. The number of benzene rings is 1. The molecule has 0 aliphatic carbocycles. The van der Waals surface area contributed by atoms with Gasteiger partial charge in [-0.25, -0.2) is 14.5 Å². The maximum Gasteiger partial charge on any atom is 0.350 e. The lowest BCUT2D eigenvalue weighted by Crippen LogP contribution is -2.28. The second kappa shape index (κ2) is 9.17. The van der Waals surface area contributed by atoms with Crippen molar-refractivity contribution in [3.63, 3.8) is 0 Å². The van der Waals surface area contributed by atoms with Crippen LogP contribution in [0.2, 0.25) is 0 Å². The molecule has 3 aromatic rings. The molecule has 8 nitrogen and oxygen atoms in total. The maximum absolute atomic E-state index is 12.7. The van der Waals surface area contributed by atoms with Gasteiger partial charge in [0.2, 0.25) is 5.91 Å². The molecule has 2 aromatic heterocycles. The van der Waals surface area contributed by atoms with Crippen molar-refractivity contribution in [2.75, 3.05) is 11.9 Å². The number of hydrogen-bond acceptors (Lipinski definition) is 7. The van der Waals surface area contributed by atoms with Crippen LogP contribution in [0.3, 0.4) is 0 Å². The van der Waals surface area contributed by atoms with Gasteiger partial charge in [0.15, 0.2) is 5.13 Å². The third-order valence-electron chi connectivity index (χ3n) is 4.31. The van der Waals surface area contributed by atoms with Gasteiger partial charge < -0.3 is 10.1 Å².